The maximum absolute atomic E-state index is 4.32. The summed E-state index contributed by atoms with van der Waals surface area (Å²) in [5, 5.41) is 0. The third kappa shape index (κ3) is 1.62. The van der Waals surface area contributed by atoms with E-state index in [9.17, 15) is 0 Å². The molecule has 2 heteroatoms. The second kappa shape index (κ2) is 3.56. The van der Waals surface area contributed by atoms with Crippen molar-refractivity contribution in [3.63, 3.8) is 0 Å². The number of nitrogens with zero attached hydrogens (tertiary/aromatic N) is 2. The molecule has 1 heterocycles. The Kier molecular flexibility index (Phi) is 2.69. The predicted octanol–water partition coefficient (Wildman–Crippen LogP) is 2.16. The first-order valence-corrected chi connectivity index (χ1v) is 4.30. The van der Waals surface area contributed by atoms with Crippen molar-refractivity contribution in [3.05, 3.63) is 17.7 Å². The summed E-state index contributed by atoms with van der Waals surface area (Å²) < 4.78 is 2.29. The molecule has 0 aliphatic rings. The minimum Gasteiger partial charge on any atom is -0.332 e. The van der Waals surface area contributed by atoms with E-state index < -0.39 is 0 Å². The van der Waals surface area contributed by atoms with Gasteiger partial charge in [-0.1, -0.05) is 13.8 Å². The molecule has 0 aliphatic heterocycles. The monoisotopic (exact) mass is 152 g/mol. The third-order valence-electron chi connectivity index (χ3n) is 1.90. The summed E-state index contributed by atoms with van der Waals surface area (Å²) in [4.78, 5) is 4.32. The Labute approximate surface area is 68.3 Å². The Hall–Kier alpha value is -0.790. The Morgan fingerprint density at radius 2 is 2.18 bits per heavy atom. The van der Waals surface area contributed by atoms with Gasteiger partial charge >= 0.3 is 0 Å². The Morgan fingerprint density at radius 3 is 2.73 bits per heavy atom. The highest BCUT2D eigenvalue weighted by atomic mass is 15.1. The summed E-state index contributed by atoms with van der Waals surface area (Å²) in [7, 11) is 0. The molecule has 2 nitrogen and oxygen atoms in total. The predicted molar refractivity (Wildman–Crippen MR) is 46.6 cm³/mol. The average Bonchev–Trinajstić information content (AvgIpc) is 2.34. The van der Waals surface area contributed by atoms with Gasteiger partial charge in [-0.15, -0.1) is 0 Å². The van der Waals surface area contributed by atoms with Crippen LogP contribution in [0, 0.1) is 6.92 Å². The maximum atomic E-state index is 4.32. The van der Waals surface area contributed by atoms with E-state index in [0.717, 1.165) is 13.0 Å². The number of hydrogen-bond acceptors (Lipinski definition) is 1. The Balaban J connectivity index is 2.88. The molecule has 0 unspecified atom stereocenters. The topological polar surface area (TPSA) is 17.8 Å². The van der Waals surface area contributed by atoms with Crippen LogP contribution in [-0.2, 0) is 13.0 Å². The number of rotatable bonds is 3. The molecule has 0 spiro atoms. The molecule has 1 aromatic heterocycles. The molecule has 0 saturated heterocycles. The highest BCUT2D eigenvalue weighted by molar-refractivity contribution is 5.02. The van der Waals surface area contributed by atoms with Gasteiger partial charge in [0.1, 0.15) is 5.82 Å². The Morgan fingerprint density at radius 1 is 1.45 bits per heavy atom. The molecule has 0 aromatic carbocycles. The normalized spacial score (nSPS) is 10.5. The van der Waals surface area contributed by atoms with Crippen LogP contribution in [0.25, 0.3) is 0 Å². The first-order valence-electron chi connectivity index (χ1n) is 4.30. The van der Waals surface area contributed by atoms with Crippen LogP contribution in [0.5, 0.6) is 0 Å². The van der Waals surface area contributed by atoms with Gasteiger partial charge in [-0.25, -0.2) is 4.98 Å². The zero-order chi connectivity index (χ0) is 8.27. The van der Waals surface area contributed by atoms with Crippen molar-refractivity contribution >= 4 is 0 Å². The van der Waals surface area contributed by atoms with E-state index in [-0.39, 0.29) is 0 Å². The molecule has 0 atom stereocenters. The second-order valence-corrected chi connectivity index (χ2v) is 2.82. The van der Waals surface area contributed by atoms with E-state index in [4.69, 9.17) is 0 Å². The standard InChI is InChI=1S/C9H16N2/c1-4-6-11-8(3)7-10-9(11)5-2/h7H,4-6H2,1-3H3. The van der Waals surface area contributed by atoms with E-state index in [0.29, 0.717) is 0 Å². The van der Waals surface area contributed by atoms with Crippen molar-refractivity contribution in [2.75, 3.05) is 0 Å². The molecule has 1 rings (SSSR count). The van der Waals surface area contributed by atoms with E-state index >= 15 is 0 Å². The van der Waals surface area contributed by atoms with Gasteiger partial charge in [-0.05, 0) is 13.3 Å². The minimum atomic E-state index is 1.04. The molecule has 62 valence electrons. The molecule has 1 aromatic rings. The van der Waals surface area contributed by atoms with Crippen LogP contribution in [-0.4, -0.2) is 9.55 Å². The van der Waals surface area contributed by atoms with Gasteiger partial charge in [0.2, 0.25) is 0 Å². The lowest BCUT2D eigenvalue weighted by Crippen LogP contribution is -2.03. The van der Waals surface area contributed by atoms with Crippen LogP contribution in [0.1, 0.15) is 31.8 Å². The highest BCUT2D eigenvalue weighted by Gasteiger charge is 2.01. The van der Waals surface area contributed by atoms with Crippen LogP contribution in [0.2, 0.25) is 0 Å². The summed E-state index contributed by atoms with van der Waals surface area (Å²) in [6.07, 6.45) is 4.17. The van der Waals surface area contributed by atoms with Crippen LogP contribution < -0.4 is 0 Å². The molecule has 0 aliphatic carbocycles. The smallest absolute Gasteiger partial charge is 0.108 e. The highest BCUT2D eigenvalue weighted by Crippen LogP contribution is 2.05. The lowest BCUT2D eigenvalue weighted by molar-refractivity contribution is 0.628. The summed E-state index contributed by atoms with van der Waals surface area (Å²) in [5.74, 6) is 1.21. The molecule has 0 amide bonds. The molecular formula is C9H16N2. The lowest BCUT2D eigenvalue weighted by atomic mass is 10.4. The fourth-order valence-corrected chi connectivity index (χ4v) is 1.32. The molecule has 0 bridgehead atoms. The van der Waals surface area contributed by atoms with Crippen LogP contribution in [0.3, 0.4) is 0 Å². The van der Waals surface area contributed by atoms with Crippen LogP contribution in [0.4, 0.5) is 0 Å². The number of hydrogen-bond donors (Lipinski definition) is 0. The van der Waals surface area contributed by atoms with Crippen molar-refractivity contribution in [1.82, 2.24) is 9.55 Å². The first-order chi connectivity index (χ1) is 5.29. The zero-order valence-electron chi connectivity index (χ0n) is 7.59. The van der Waals surface area contributed by atoms with Gasteiger partial charge in [0.25, 0.3) is 0 Å². The van der Waals surface area contributed by atoms with Crippen LogP contribution >= 0.6 is 0 Å². The first kappa shape index (κ1) is 8.31. The van der Waals surface area contributed by atoms with Crippen molar-refractivity contribution < 1.29 is 0 Å². The average molecular weight is 152 g/mol. The number of imidazole rings is 1. The Bertz CT molecular complexity index is 225. The van der Waals surface area contributed by atoms with Gasteiger partial charge in [0, 0.05) is 24.9 Å². The molecular weight excluding hydrogens is 136 g/mol. The molecule has 11 heavy (non-hydrogen) atoms. The lowest BCUT2D eigenvalue weighted by Gasteiger charge is -2.05. The molecule has 0 N–H and O–H groups in total. The number of aryl methyl sites for hydroxylation is 2. The van der Waals surface area contributed by atoms with Crippen molar-refractivity contribution in [2.45, 2.75) is 40.2 Å². The quantitative estimate of drug-likeness (QED) is 0.649. The SMILES string of the molecule is CCCn1c(C)cnc1CC. The molecule has 0 radical (unpaired) electrons. The second-order valence-electron chi connectivity index (χ2n) is 2.82. The van der Waals surface area contributed by atoms with E-state index in [1.54, 1.807) is 0 Å². The molecule has 0 fully saturated rings. The van der Waals surface area contributed by atoms with E-state index in [1.165, 1.54) is 17.9 Å². The van der Waals surface area contributed by atoms with Gasteiger partial charge in [0.05, 0.1) is 0 Å². The maximum Gasteiger partial charge on any atom is 0.108 e. The van der Waals surface area contributed by atoms with E-state index in [2.05, 4.69) is 30.3 Å². The fraction of sp³-hybridized carbons (Fsp3) is 0.667. The van der Waals surface area contributed by atoms with E-state index in [1.807, 2.05) is 6.20 Å². The summed E-state index contributed by atoms with van der Waals surface area (Å²) in [5.41, 5.74) is 1.28. The number of aromatic nitrogens is 2. The van der Waals surface area contributed by atoms with Gasteiger partial charge in [0.15, 0.2) is 0 Å². The largest absolute Gasteiger partial charge is 0.332 e. The van der Waals surface area contributed by atoms with Crippen molar-refractivity contribution in [3.8, 4) is 0 Å². The summed E-state index contributed by atoms with van der Waals surface area (Å²) >= 11 is 0. The van der Waals surface area contributed by atoms with Gasteiger partial charge < -0.3 is 4.57 Å². The third-order valence-corrected chi connectivity index (χ3v) is 1.90. The fourth-order valence-electron chi connectivity index (χ4n) is 1.32. The molecule has 0 saturated carbocycles. The van der Waals surface area contributed by atoms with Gasteiger partial charge in [-0.2, -0.15) is 0 Å². The van der Waals surface area contributed by atoms with Crippen molar-refractivity contribution in [1.29, 1.82) is 0 Å². The van der Waals surface area contributed by atoms with Crippen LogP contribution in [0.15, 0.2) is 6.20 Å². The minimum absolute atomic E-state index is 1.04. The van der Waals surface area contributed by atoms with Gasteiger partial charge in [-0.3, -0.25) is 0 Å². The van der Waals surface area contributed by atoms with Crippen molar-refractivity contribution in [2.24, 2.45) is 0 Å². The summed E-state index contributed by atoms with van der Waals surface area (Å²) in [6.45, 7) is 7.56. The zero-order valence-corrected chi connectivity index (χ0v) is 7.59. The summed E-state index contributed by atoms with van der Waals surface area (Å²) in [6, 6.07) is 0.